The Hall–Kier alpha value is -1.29. The number of hydrogen-bond donors (Lipinski definition) is 3. The van der Waals surface area contributed by atoms with Crippen molar-refractivity contribution in [1.29, 1.82) is 0 Å². The van der Waals surface area contributed by atoms with E-state index in [0.717, 1.165) is 6.17 Å². The van der Waals surface area contributed by atoms with Gasteiger partial charge in [-0.25, -0.2) is 0 Å². The standard InChI is InChI=1S/C8H11N2O2/c11-8(12)4-6-10-7-3-1-2-5-9-7/h1-3,5,9-10H,4,6H2,(H,11,12). The zero-order valence-corrected chi connectivity index (χ0v) is 6.58. The van der Waals surface area contributed by atoms with Crippen molar-refractivity contribution in [3.8, 4) is 0 Å². The molecule has 0 aromatic rings. The fourth-order valence-electron chi connectivity index (χ4n) is 0.807. The SMILES string of the molecule is O=C(O)CCN[C]1C=CC=CN1. The van der Waals surface area contributed by atoms with Crippen molar-refractivity contribution in [2.75, 3.05) is 6.54 Å². The molecule has 65 valence electrons. The first-order chi connectivity index (χ1) is 5.79. The van der Waals surface area contributed by atoms with E-state index >= 15 is 0 Å². The second-order valence-corrected chi connectivity index (χ2v) is 2.35. The van der Waals surface area contributed by atoms with Gasteiger partial charge in [0.05, 0.1) is 6.42 Å². The monoisotopic (exact) mass is 167 g/mol. The van der Waals surface area contributed by atoms with Crippen LogP contribution in [0.1, 0.15) is 6.42 Å². The van der Waals surface area contributed by atoms with Crippen LogP contribution in [0.2, 0.25) is 0 Å². The van der Waals surface area contributed by atoms with E-state index in [1.807, 2.05) is 18.2 Å². The molecule has 3 N–H and O–H groups in total. The Morgan fingerprint density at radius 3 is 3.00 bits per heavy atom. The van der Waals surface area contributed by atoms with E-state index < -0.39 is 5.97 Å². The number of allylic oxidation sites excluding steroid dienone is 2. The number of rotatable bonds is 4. The van der Waals surface area contributed by atoms with Gasteiger partial charge in [0.25, 0.3) is 0 Å². The van der Waals surface area contributed by atoms with E-state index in [4.69, 9.17) is 5.11 Å². The average Bonchev–Trinajstić information content (AvgIpc) is 2.05. The van der Waals surface area contributed by atoms with Gasteiger partial charge in [0.2, 0.25) is 0 Å². The summed E-state index contributed by atoms with van der Waals surface area (Å²) in [5.41, 5.74) is 0. The predicted octanol–water partition coefficient (Wildman–Crippen LogP) is 0.213. The van der Waals surface area contributed by atoms with Crippen LogP contribution in [-0.2, 0) is 4.79 Å². The van der Waals surface area contributed by atoms with Gasteiger partial charge in [-0.05, 0) is 18.4 Å². The van der Waals surface area contributed by atoms with Crippen molar-refractivity contribution in [3.63, 3.8) is 0 Å². The van der Waals surface area contributed by atoms with Crippen LogP contribution >= 0.6 is 0 Å². The van der Waals surface area contributed by atoms with E-state index in [2.05, 4.69) is 10.6 Å². The zero-order valence-electron chi connectivity index (χ0n) is 6.58. The lowest BCUT2D eigenvalue weighted by atomic mass is 10.3. The highest BCUT2D eigenvalue weighted by Crippen LogP contribution is 1.97. The van der Waals surface area contributed by atoms with Crippen molar-refractivity contribution in [2.24, 2.45) is 0 Å². The van der Waals surface area contributed by atoms with Gasteiger partial charge < -0.3 is 10.4 Å². The highest BCUT2D eigenvalue weighted by molar-refractivity contribution is 5.66. The number of dihydropyridines is 1. The summed E-state index contributed by atoms with van der Waals surface area (Å²) in [6.07, 6.45) is 8.33. The van der Waals surface area contributed by atoms with Crippen LogP contribution in [0, 0.1) is 6.17 Å². The Labute approximate surface area is 71.0 Å². The smallest absolute Gasteiger partial charge is 0.304 e. The molecule has 0 saturated heterocycles. The quantitative estimate of drug-likeness (QED) is 0.560. The van der Waals surface area contributed by atoms with Crippen LogP contribution in [0.3, 0.4) is 0 Å². The van der Waals surface area contributed by atoms with Crippen LogP contribution in [0.25, 0.3) is 0 Å². The number of nitrogens with one attached hydrogen (secondary N) is 2. The molecule has 0 fully saturated rings. The molecule has 4 nitrogen and oxygen atoms in total. The molecular weight excluding hydrogens is 156 g/mol. The Morgan fingerprint density at radius 1 is 1.58 bits per heavy atom. The summed E-state index contributed by atoms with van der Waals surface area (Å²) in [6, 6.07) is 0. The third kappa shape index (κ3) is 3.21. The first-order valence-electron chi connectivity index (χ1n) is 3.71. The van der Waals surface area contributed by atoms with Crippen LogP contribution < -0.4 is 10.6 Å². The second kappa shape index (κ2) is 4.56. The van der Waals surface area contributed by atoms with Crippen LogP contribution in [0.15, 0.2) is 24.4 Å². The Balaban J connectivity index is 2.11. The van der Waals surface area contributed by atoms with Crippen LogP contribution in [0.5, 0.6) is 0 Å². The Kier molecular flexibility index (Phi) is 3.35. The molecule has 0 unspecified atom stereocenters. The summed E-state index contributed by atoms with van der Waals surface area (Å²) < 4.78 is 0. The lowest BCUT2D eigenvalue weighted by Crippen LogP contribution is -2.32. The van der Waals surface area contributed by atoms with Gasteiger partial charge in [-0.3, -0.25) is 10.1 Å². The molecule has 4 heteroatoms. The normalized spacial score (nSPS) is 16.0. The lowest BCUT2D eigenvalue weighted by molar-refractivity contribution is -0.136. The second-order valence-electron chi connectivity index (χ2n) is 2.35. The summed E-state index contributed by atoms with van der Waals surface area (Å²) >= 11 is 0. The van der Waals surface area contributed by atoms with E-state index in [0.29, 0.717) is 6.54 Å². The molecule has 1 radical (unpaired) electrons. The highest BCUT2D eigenvalue weighted by Gasteiger charge is 2.04. The maximum atomic E-state index is 10.1. The summed E-state index contributed by atoms with van der Waals surface area (Å²) in [7, 11) is 0. The van der Waals surface area contributed by atoms with Gasteiger partial charge in [-0.1, -0.05) is 6.08 Å². The molecule has 1 rings (SSSR count). The first-order valence-corrected chi connectivity index (χ1v) is 3.71. The molecule has 0 spiro atoms. The van der Waals surface area contributed by atoms with Gasteiger partial charge in [0, 0.05) is 6.54 Å². The maximum Gasteiger partial charge on any atom is 0.304 e. The van der Waals surface area contributed by atoms with E-state index in [1.165, 1.54) is 0 Å². The van der Waals surface area contributed by atoms with E-state index in [-0.39, 0.29) is 6.42 Å². The summed E-state index contributed by atoms with van der Waals surface area (Å²) in [6.45, 7) is 0.440. The lowest BCUT2D eigenvalue weighted by Gasteiger charge is -2.14. The number of carboxylic acid groups (broad SMARTS) is 1. The van der Waals surface area contributed by atoms with Crippen molar-refractivity contribution in [3.05, 3.63) is 30.6 Å². The molecule has 1 aliphatic heterocycles. The molecule has 0 aliphatic carbocycles. The molecule has 0 aromatic heterocycles. The van der Waals surface area contributed by atoms with E-state index in [1.54, 1.807) is 6.20 Å². The van der Waals surface area contributed by atoms with E-state index in [9.17, 15) is 4.79 Å². The van der Waals surface area contributed by atoms with Gasteiger partial charge in [0.15, 0.2) is 0 Å². The topological polar surface area (TPSA) is 61.4 Å². The molecule has 0 bridgehead atoms. The number of carboxylic acids is 1. The summed E-state index contributed by atoms with van der Waals surface area (Å²) in [5.74, 6) is -0.793. The maximum absolute atomic E-state index is 10.1. The van der Waals surface area contributed by atoms with Crippen molar-refractivity contribution in [2.45, 2.75) is 6.42 Å². The first kappa shape index (κ1) is 8.80. The molecule has 1 heterocycles. The fraction of sp³-hybridized carbons (Fsp3) is 0.250. The van der Waals surface area contributed by atoms with Crippen molar-refractivity contribution >= 4 is 5.97 Å². The molecular formula is C8H11N2O2. The van der Waals surface area contributed by atoms with Crippen molar-refractivity contribution < 1.29 is 9.90 Å². The van der Waals surface area contributed by atoms with Crippen LogP contribution in [-0.4, -0.2) is 17.6 Å². The molecule has 0 saturated carbocycles. The minimum absolute atomic E-state index is 0.128. The molecule has 0 atom stereocenters. The Bertz CT molecular complexity index is 211. The minimum Gasteiger partial charge on any atom is -0.481 e. The molecule has 12 heavy (non-hydrogen) atoms. The highest BCUT2D eigenvalue weighted by atomic mass is 16.4. The zero-order chi connectivity index (χ0) is 8.81. The largest absolute Gasteiger partial charge is 0.481 e. The average molecular weight is 167 g/mol. The van der Waals surface area contributed by atoms with Crippen molar-refractivity contribution in [1.82, 2.24) is 10.6 Å². The van der Waals surface area contributed by atoms with Gasteiger partial charge >= 0.3 is 5.97 Å². The predicted molar refractivity (Wildman–Crippen MR) is 44.9 cm³/mol. The molecule has 0 aromatic carbocycles. The number of hydrogen-bond acceptors (Lipinski definition) is 3. The van der Waals surface area contributed by atoms with Gasteiger partial charge in [-0.15, -0.1) is 0 Å². The molecule has 1 aliphatic rings. The molecule has 0 amide bonds. The third-order valence-electron chi connectivity index (χ3n) is 1.36. The third-order valence-corrected chi connectivity index (χ3v) is 1.36. The summed E-state index contributed by atoms with van der Waals surface area (Å²) in [5, 5.41) is 14.2. The number of carbonyl (C=O) groups is 1. The van der Waals surface area contributed by atoms with Gasteiger partial charge in [0.1, 0.15) is 6.17 Å². The van der Waals surface area contributed by atoms with Crippen LogP contribution in [0.4, 0.5) is 0 Å². The fourth-order valence-corrected chi connectivity index (χ4v) is 0.807. The minimum atomic E-state index is -0.793. The number of aliphatic carboxylic acids is 1. The Morgan fingerprint density at radius 2 is 2.42 bits per heavy atom. The summed E-state index contributed by atoms with van der Waals surface area (Å²) in [4.78, 5) is 10.1. The van der Waals surface area contributed by atoms with Gasteiger partial charge in [-0.2, -0.15) is 0 Å².